The Kier molecular flexibility index (Phi) is 4.24. The minimum Gasteiger partial charge on any atom is -0.313 e. The SMILES string of the molecule is CC(C)c1c2cc(-c3cc(NC=O)ncc3Cl)cc(F)c2nn1C. The number of benzene rings is 1. The van der Waals surface area contributed by atoms with Crippen LogP contribution in [0.4, 0.5) is 10.2 Å². The molecule has 0 bridgehead atoms. The van der Waals surface area contributed by atoms with E-state index in [0.29, 0.717) is 33.9 Å². The van der Waals surface area contributed by atoms with E-state index in [1.165, 1.54) is 12.3 Å². The average Bonchev–Trinajstić information content (AvgIpc) is 2.86. The summed E-state index contributed by atoms with van der Waals surface area (Å²) in [6.07, 6.45) is 1.96. The Morgan fingerprint density at radius 1 is 1.33 bits per heavy atom. The number of fused-ring (bicyclic) bond motifs is 1. The van der Waals surface area contributed by atoms with E-state index in [1.54, 1.807) is 17.8 Å². The standard InChI is InChI=1S/C17H16ClFN4O/c1-9(2)17-12-4-10(5-14(19)16(12)22-23(17)3)11-6-15(21-8-24)20-7-13(11)18/h4-9H,1-3H3,(H,20,21,24). The van der Waals surface area contributed by atoms with Crippen LogP contribution in [-0.2, 0) is 11.8 Å². The molecular weight excluding hydrogens is 331 g/mol. The first kappa shape index (κ1) is 16.4. The number of pyridine rings is 1. The van der Waals surface area contributed by atoms with Crippen molar-refractivity contribution in [3.05, 3.63) is 40.9 Å². The van der Waals surface area contributed by atoms with Gasteiger partial charge < -0.3 is 5.32 Å². The first-order chi connectivity index (χ1) is 11.4. The number of rotatable bonds is 4. The maximum absolute atomic E-state index is 14.6. The van der Waals surface area contributed by atoms with Gasteiger partial charge in [0.1, 0.15) is 11.3 Å². The summed E-state index contributed by atoms with van der Waals surface area (Å²) in [5, 5.41) is 7.87. The summed E-state index contributed by atoms with van der Waals surface area (Å²) < 4.78 is 16.3. The van der Waals surface area contributed by atoms with Crippen LogP contribution in [-0.4, -0.2) is 21.2 Å². The lowest BCUT2D eigenvalue weighted by Crippen LogP contribution is -1.99. The highest BCUT2D eigenvalue weighted by molar-refractivity contribution is 6.33. The van der Waals surface area contributed by atoms with E-state index >= 15 is 0 Å². The number of amides is 1. The van der Waals surface area contributed by atoms with Crippen molar-refractivity contribution in [3.63, 3.8) is 0 Å². The number of nitrogens with one attached hydrogen (secondary N) is 1. The molecule has 0 radical (unpaired) electrons. The molecule has 24 heavy (non-hydrogen) atoms. The van der Waals surface area contributed by atoms with Crippen LogP contribution in [0.25, 0.3) is 22.0 Å². The molecule has 2 aromatic heterocycles. The van der Waals surface area contributed by atoms with Crippen molar-refractivity contribution in [1.29, 1.82) is 0 Å². The lowest BCUT2D eigenvalue weighted by molar-refractivity contribution is -0.105. The third kappa shape index (κ3) is 2.73. The molecule has 0 atom stereocenters. The predicted octanol–water partition coefficient (Wildman–Crippen LogP) is 4.12. The number of hydrogen-bond acceptors (Lipinski definition) is 3. The third-order valence-electron chi connectivity index (χ3n) is 3.86. The number of anilines is 1. The Labute approximate surface area is 143 Å². The van der Waals surface area contributed by atoms with Crippen LogP contribution in [0.2, 0.25) is 5.02 Å². The van der Waals surface area contributed by atoms with Crippen molar-refractivity contribution in [2.75, 3.05) is 5.32 Å². The van der Waals surface area contributed by atoms with E-state index in [0.717, 1.165) is 11.1 Å². The Hall–Kier alpha value is -2.47. The van der Waals surface area contributed by atoms with Gasteiger partial charge in [0, 0.05) is 29.9 Å². The van der Waals surface area contributed by atoms with Crippen LogP contribution >= 0.6 is 11.6 Å². The topological polar surface area (TPSA) is 59.8 Å². The van der Waals surface area contributed by atoms with E-state index in [1.807, 2.05) is 19.9 Å². The first-order valence-corrected chi connectivity index (χ1v) is 7.82. The molecule has 3 rings (SSSR count). The molecule has 0 aliphatic carbocycles. The number of aryl methyl sites for hydroxylation is 1. The second kappa shape index (κ2) is 6.20. The molecule has 1 amide bonds. The number of aromatic nitrogens is 3. The van der Waals surface area contributed by atoms with Crippen molar-refractivity contribution in [2.24, 2.45) is 7.05 Å². The van der Waals surface area contributed by atoms with Gasteiger partial charge in [-0.25, -0.2) is 9.37 Å². The van der Waals surface area contributed by atoms with E-state index in [-0.39, 0.29) is 5.92 Å². The van der Waals surface area contributed by atoms with Crippen molar-refractivity contribution in [1.82, 2.24) is 14.8 Å². The monoisotopic (exact) mass is 346 g/mol. The molecule has 0 spiro atoms. The molecule has 5 nitrogen and oxygen atoms in total. The molecule has 0 unspecified atom stereocenters. The fourth-order valence-electron chi connectivity index (χ4n) is 2.91. The van der Waals surface area contributed by atoms with Crippen molar-refractivity contribution < 1.29 is 9.18 Å². The molecule has 3 aromatic rings. The van der Waals surface area contributed by atoms with Gasteiger partial charge in [-0.1, -0.05) is 25.4 Å². The highest BCUT2D eigenvalue weighted by atomic mass is 35.5. The molecule has 1 N–H and O–H groups in total. The van der Waals surface area contributed by atoms with Crippen molar-refractivity contribution >= 4 is 34.7 Å². The van der Waals surface area contributed by atoms with Gasteiger partial charge in [0.15, 0.2) is 5.82 Å². The molecule has 2 heterocycles. The minimum absolute atomic E-state index is 0.190. The second-order valence-electron chi connectivity index (χ2n) is 5.83. The molecule has 0 fully saturated rings. The summed E-state index contributed by atoms with van der Waals surface area (Å²) in [6.45, 7) is 4.07. The largest absolute Gasteiger partial charge is 0.313 e. The van der Waals surface area contributed by atoms with Gasteiger partial charge in [0.25, 0.3) is 0 Å². The van der Waals surface area contributed by atoms with Gasteiger partial charge in [-0.2, -0.15) is 5.10 Å². The Morgan fingerprint density at radius 3 is 2.75 bits per heavy atom. The van der Waals surface area contributed by atoms with E-state index in [9.17, 15) is 9.18 Å². The predicted molar refractivity (Wildman–Crippen MR) is 92.7 cm³/mol. The molecule has 7 heteroatoms. The van der Waals surface area contributed by atoms with Crippen LogP contribution in [0.5, 0.6) is 0 Å². The van der Waals surface area contributed by atoms with Gasteiger partial charge in [-0.15, -0.1) is 0 Å². The first-order valence-electron chi connectivity index (χ1n) is 7.44. The zero-order valence-electron chi connectivity index (χ0n) is 13.5. The van der Waals surface area contributed by atoms with Crippen LogP contribution in [0.15, 0.2) is 24.4 Å². The summed E-state index contributed by atoms with van der Waals surface area (Å²) in [4.78, 5) is 14.6. The molecule has 0 aliphatic rings. The maximum Gasteiger partial charge on any atom is 0.212 e. The van der Waals surface area contributed by atoms with Crippen molar-refractivity contribution in [2.45, 2.75) is 19.8 Å². The zero-order chi connectivity index (χ0) is 17.4. The van der Waals surface area contributed by atoms with E-state index in [2.05, 4.69) is 15.4 Å². The molecule has 0 saturated carbocycles. The summed E-state index contributed by atoms with van der Waals surface area (Å²) in [5.74, 6) is 0.123. The number of nitrogens with zero attached hydrogens (tertiary/aromatic N) is 3. The summed E-state index contributed by atoms with van der Waals surface area (Å²) in [6, 6.07) is 4.88. The smallest absolute Gasteiger partial charge is 0.212 e. The fraction of sp³-hybridized carbons (Fsp3) is 0.235. The Balaban J connectivity index is 2.26. The summed E-state index contributed by atoms with van der Waals surface area (Å²) in [5.41, 5.74) is 2.48. The molecule has 1 aromatic carbocycles. The Morgan fingerprint density at radius 2 is 2.08 bits per heavy atom. The van der Waals surface area contributed by atoms with Gasteiger partial charge >= 0.3 is 0 Å². The fourth-order valence-corrected chi connectivity index (χ4v) is 3.13. The molecular formula is C17H16ClFN4O. The Bertz CT molecular complexity index is 936. The lowest BCUT2D eigenvalue weighted by atomic mass is 10.00. The number of carbonyl (C=O) groups excluding carboxylic acids is 1. The number of carbonyl (C=O) groups is 1. The summed E-state index contributed by atoms with van der Waals surface area (Å²) in [7, 11) is 1.81. The van der Waals surface area contributed by atoms with Gasteiger partial charge in [-0.05, 0) is 29.7 Å². The van der Waals surface area contributed by atoms with E-state index in [4.69, 9.17) is 11.6 Å². The molecule has 0 saturated heterocycles. The highest BCUT2D eigenvalue weighted by Gasteiger charge is 2.18. The van der Waals surface area contributed by atoms with Gasteiger partial charge in [0.2, 0.25) is 6.41 Å². The molecule has 124 valence electrons. The highest BCUT2D eigenvalue weighted by Crippen LogP contribution is 2.35. The number of hydrogen-bond donors (Lipinski definition) is 1. The second-order valence-corrected chi connectivity index (χ2v) is 6.24. The van der Waals surface area contributed by atoms with Crippen LogP contribution in [0.3, 0.4) is 0 Å². The quantitative estimate of drug-likeness (QED) is 0.723. The summed E-state index contributed by atoms with van der Waals surface area (Å²) >= 11 is 6.22. The third-order valence-corrected chi connectivity index (χ3v) is 4.16. The van der Waals surface area contributed by atoms with Crippen molar-refractivity contribution in [3.8, 4) is 11.1 Å². The normalized spacial score (nSPS) is 11.2. The van der Waals surface area contributed by atoms with Crippen LogP contribution < -0.4 is 5.32 Å². The minimum atomic E-state index is -0.414. The van der Waals surface area contributed by atoms with Crippen LogP contribution in [0, 0.1) is 5.82 Å². The maximum atomic E-state index is 14.6. The van der Waals surface area contributed by atoms with Gasteiger partial charge in [0.05, 0.1) is 5.02 Å². The number of halogens is 2. The average molecular weight is 347 g/mol. The zero-order valence-corrected chi connectivity index (χ0v) is 14.2. The molecule has 0 aliphatic heterocycles. The van der Waals surface area contributed by atoms with Gasteiger partial charge in [-0.3, -0.25) is 9.48 Å². The lowest BCUT2D eigenvalue weighted by Gasteiger charge is -2.09. The van der Waals surface area contributed by atoms with Crippen LogP contribution in [0.1, 0.15) is 25.5 Å². The van der Waals surface area contributed by atoms with E-state index < -0.39 is 5.82 Å².